The number of nitrogens with two attached hydrogens (primary N) is 1. The van der Waals surface area contributed by atoms with Crippen molar-refractivity contribution in [1.82, 2.24) is 9.97 Å². The molecule has 1 atom stereocenters. The van der Waals surface area contributed by atoms with Gasteiger partial charge < -0.3 is 15.5 Å². The SMILES string of the molecule is NNc1nc(NCC(O)CO)cc(C(F)(F)F)n1. The summed E-state index contributed by atoms with van der Waals surface area (Å²) >= 11 is 0. The van der Waals surface area contributed by atoms with E-state index in [2.05, 4.69) is 15.3 Å². The molecule has 18 heavy (non-hydrogen) atoms. The number of hydrogen-bond acceptors (Lipinski definition) is 7. The first-order valence-electron chi connectivity index (χ1n) is 4.82. The normalized spacial score (nSPS) is 13.2. The summed E-state index contributed by atoms with van der Waals surface area (Å²) in [6.07, 6.45) is -5.75. The number of nitrogen functional groups attached to an aromatic ring is 1. The molecule has 0 saturated carbocycles. The van der Waals surface area contributed by atoms with Crippen LogP contribution in [0.25, 0.3) is 0 Å². The number of alkyl halides is 3. The third kappa shape index (κ3) is 3.98. The Balaban J connectivity index is 2.91. The maximum atomic E-state index is 12.5. The molecule has 0 aliphatic rings. The van der Waals surface area contributed by atoms with Crippen molar-refractivity contribution in [1.29, 1.82) is 0 Å². The van der Waals surface area contributed by atoms with Crippen molar-refractivity contribution in [2.45, 2.75) is 12.3 Å². The molecule has 1 unspecified atom stereocenters. The molecule has 1 aromatic heterocycles. The predicted octanol–water partition coefficient (Wildman–Crippen LogP) is -0.454. The first-order chi connectivity index (χ1) is 8.36. The van der Waals surface area contributed by atoms with Crippen LogP contribution in [0.4, 0.5) is 24.9 Å². The smallest absolute Gasteiger partial charge is 0.394 e. The molecule has 0 aliphatic carbocycles. The zero-order chi connectivity index (χ0) is 13.8. The van der Waals surface area contributed by atoms with Crippen LogP contribution in [0.1, 0.15) is 5.69 Å². The van der Waals surface area contributed by atoms with E-state index in [9.17, 15) is 13.2 Å². The van der Waals surface area contributed by atoms with Gasteiger partial charge in [0.25, 0.3) is 0 Å². The van der Waals surface area contributed by atoms with Gasteiger partial charge in [0.15, 0.2) is 5.69 Å². The van der Waals surface area contributed by atoms with Gasteiger partial charge in [0.05, 0.1) is 12.7 Å². The maximum Gasteiger partial charge on any atom is 0.433 e. The molecule has 0 aromatic carbocycles. The Hall–Kier alpha value is -1.65. The van der Waals surface area contributed by atoms with Gasteiger partial charge in [-0.1, -0.05) is 0 Å². The molecule has 0 bridgehead atoms. The predicted molar refractivity (Wildman–Crippen MR) is 56.4 cm³/mol. The standard InChI is InChI=1S/C8H12F3N5O2/c9-8(10,11)5-1-6(13-2-4(18)3-17)15-7(14-5)16-12/h1,4,17-18H,2-3,12H2,(H2,13,14,15,16). The molecule has 102 valence electrons. The Morgan fingerprint density at radius 3 is 2.56 bits per heavy atom. The first-order valence-corrected chi connectivity index (χ1v) is 4.82. The fourth-order valence-corrected chi connectivity index (χ4v) is 1.03. The number of nitrogens with one attached hydrogen (secondary N) is 2. The van der Waals surface area contributed by atoms with Gasteiger partial charge in [-0.05, 0) is 0 Å². The summed E-state index contributed by atoms with van der Waals surface area (Å²) in [5.41, 5.74) is 0.733. The Morgan fingerprint density at radius 2 is 2.06 bits per heavy atom. The van der Waals surface area contributed by atoms with Gasteiger partial charge >= 0.3 is 6.18 Å². The van der Waals surface area contributed by atoms with E-state index in [1.54, 1.807) is 0 Å². The van der Waals surface area contributed by atoms with Crippen molar-refractivity contribution in [2.75, 3.05) is 23.9 Å². The van der Waals surface area contributed by atoms with Crippen LogP contribution in [0.3, 0.4) is 0 Å². The lowest BCUT2D eigenvalue weighted by Gasteiger charge is -2.12. The third-order valence-corrected chi connectivity index (χ3v) is 1.88. The number of nitrogens with zero attached hydrogens (tertiary/aromatic N) is 2. The largest absolute Gasteiger partial charge is 0.433 e. The topological polar surface area (TPSA) is 116 Å². The number of aliphatic hydroxyl groups is 2. The van der Waals surface area contributed by atoms with E-state index in [1.807, 2.05) is 5.43 Å². The molecule has 0 saturated heterocycles. The second-order valence-corrected chi connectivity index (χ2v) is 3.32. The minimum atomic E-state index is -4.64. The summed E-state index contributed by atoms with van der Waals surface area (Å²) in [4.78, 5) is 6.77. The van der Waals surface area contributed by atoms with Crippen molar-refractivity contribution in [2.24, 2.45) is 5.84 Å². The van der Waals surface area contributed by atoms with Gasteiger partial charge in [0, 0.05) is 12.6 Å². The zero-order valence-corrected chi connectivity index (χ0v) is 9.07. The molecule has 0 fully saturated rings. The molecule has 1 heterocycles. The highest BCUT2D eigenvalue weighted by Gasteiger charge is 2.33. The minimum absolute atomic E-state index is 0.158. The van der Waals surface area contributed by atoms with Gasteiger partial charge in [-0.25, -0.2) is 10.8 Å². The average Bonchev–Trinajstić information content (AvgIpc) is 2.34. The lowest BCUT2D eigenvalue weighted by molar-refractivity contribution is -0.141. The Morgan fingerprint density at radius 1 is 1.39 bits per heavy atom. The molecule has 1 rings (SSSR count). The number of anilines is 2. The first kappa shape index (κ1) is 14.4. The quantitative estimate of drug-likeness (QED) is 0.362. The van der Waals surface area contributed by atoms with E-state index in [0.29, 0.717) is 6.07 Å². The van der Waals surface area contributed by atoms with Crippen LogP contribution in [0.5, 0.6) is 0 Å². The number of aromatic nitrogens is 2. The number of aliphatic hydroxyl groups excluding tert-OH is 2. The van der Waals surface area contributed by atoms with Gasteiger partial charge in [0.1, 0.15) is 5.82 Å². The highest BCUT2D eigenvalue weighted by Crippen LogP contribution is 2.29. The van der Waals surface area contributed by atoms with Crippen LogP contribution >= 0.6 is 0 Å². The Bertz CT molecular complexity index is 401. The van der Waals surface area contributed by atoms with Crippen LogP contribution in [-0.4, -0.2) is 39.4 Å². The summed E-state index contributed by atoms with van der Waals surface area (Å²) in [5, 5.41) is 20.0. The van der Waals surface area contributed by atoms with Crippen molar-refractivity contribution < 1.29 is 23.4 Å². The highest BCUT2D eigenvalue weighted by molar-refractivity contribution is 5.42. The Labute approximate surface area is 99.8 Å². The molecule has 0 spiro atoms. The van der Waals surface area contributed by atoms with Crippen LogP contribution in [-0.2, 0) is 6.18 Å². The fraction of sp³-hybridized carbons (Fsp3) is 0.500. The summed E-state index contributed by atoms with van der Waals surface area (Å²) in [6, 6.07) is 0.672. The van der Waals surface area contributed by atoms with E-state index in [0.717, 1.165) is 0 Å². The molecule has 0 radical (unpaired) electrons. The van der Waals surface area contributed by atoms with Gasteiger partial charge in [0.2, 0.25) is 5.95 Å². The summed E-state index contributed by atoms with van der Waals surface area (Å²) in [6.45, 7) is -0.680. The molecule has 0 amide bonds. The van der Waals surface area contributed by atoms with Crippen molar-refractivity contribution in [3.05, 3.63) is 11.8 Å². The Kier molecular flexibility index (Phi) is 4.64. The second kappa shape index (κ2) is 5.80. The van der Waals surface area contributed by atoms with Crippen molar-refractivity contribution in [3.8, 4) is 0 Å². The van der Waals surface area contributed by atoms with Crippen molar-refractivity contribution in [3.63, 3.8) is 0 Å². The van der Waals surface area contributed by atoms with Crippen LogP contribution in [0.15, 0.2) is 6.07 Å². The average molecular weight is 267 g/mol. The number of hydrogen-bond donors (Lipinski definition) is 5. The molecule has 7 nitrogen and oxygen atoms in total. The molecular formula is C8H12F3N5O2. The van der Waals surface area contributed by atoms with E-state index in [1.165, 1.54) is 0 Å². The minimum Gasteiger partial charge on any atom is -0.394 e. The zero-order valence-electron chi connectivity index (χ0n) is 9.07. The van der Waals surface area contributed by atoms with Gasteiger partial charge in [-0.2, -0.15) is 18.2 Å². The molecule has 6 N–H and O–H groups in total. The van der Waals surface area contributed by atoms with Crippen molar-refractivity contribution >= 4 is 11.8 Å². The number of rotatable bonds is 5. The molecule has 10 heteroatoms. The second-order valence-electron chi connectivity index (χ2n) is 3.32. The lowest BCUT2D eigenvalue weighted by Crippen LogP contribution is -2.24. The van der Waals surface area contributed by atoms with E-state index in [4.69, 9.17) is 16.1 Å². The van der Waals surface area contributed by atoms with E-state index >= 15 is 0 Å². The van der Waals surface area contributed by atoms with Crippen LogP contribution < -0.4 is 16.6 Å². The van der Waals surface area contributed by atoms with E-state index < -0.39 is 30.5 Å². The summed E-state index contributed by atoms with van der Waals surface area (Å²) in [7, 11) is 0. The highest BCUT2D eigenvalue weighted by atomic mass is 19.4. The molecular weight excluding hydrogens is 255 g/mol. The monoisotopic (exact) mass is 267 g/mol. The van der Waals surface area contributed by atoms with Gasteiger partial charge in [-0.3, -0.25) is 5.43 Å². The maximum absolute atomic E-state index is 12.5. The number of halogens is 3. The molecule has 1 aromatic rings. The summed E-state index contributed by atoms with van der Waals surface area (Å²) in [5.74, 6) is 4.37. The third-order valence-electron chi connectivity index (χ3n) is 1.88. The van der Waals surface area contributed by atoms with E-state index in [-0.39, 0.29) is 12.4 Å². The lowest BCUT2D eigenvalue weighted by atomic mass is 10.3. The number of hydrazine groups is 1. The summed E-state index contributed by atoms with van der Waals surface area (Å²) < 4.78 is 37.4. The van der Waals surface area contributed by atoms with Gasteiger partial charge in [-0.15, -0.1) is 0 Å². The molecule has 0 aliphatic heterocycles. The van der Waals surface area contributed by atoms with Crippen LogP contribution in [0.2, 0.25) is 0 Å². The fourth-order valence-electron chi connectivity index (χ4n) is 1.03. The van der Waals surface area contributed by atoms with Crippen LogP contribution in [0, 0.1) is 0 Å².